The number of benzene rings is 2. The maximum Gasteiger partial charge on any atom is 0.343 e. The van der Waals surface area contributed by atoms with Gasteiger partial charge in [0.25, 0.3) is 0 Å². The molecule has 0 aromatic heterocycles. The van der Waals surface area contributed by atoms with Crippen LogP contribution in [0.4, 0.5) is 0 Å². The van der Waals surface area contributed by atoms with Crippen molar-refractivity contribution in [1.82, 2.24) is 0 Å². The van der Waals surface area contributed by atoms with Crippen LogP contribution in [0.1, 0.15) is 16.7 Å². The smallest absolute Gasteiger partial charge is 0.343 e. The fraction of sp³-hybridized carbons (Fsp3) is 0.136. The second kappa shape index (κ2) is 8.27. The van der Waals surface area contributed by atoms with E-state index in [1.807, 2.05) is 37.3 Å². The van der Waals surface area contributed by atoms with Crippen molar-refractivity contribution in [3.8, 4) is 11.5 Å². The minimum absolute atomic E-state index is 0.365. The summed E-state index contributed by atoms with van der Waals surface area (Å²) in [6, 6.07) is 11.5. The lowest BCUT2D eigenvalue weighted by Gasteiger charge is -2.12. The highest BCUT2D eigenvalue weighted by atomic mass is 79.9. The van der Waals surface area contributed by atoms with Gasteiger partial charge in [-0.05, 0) is 52.7 Å². The lowest BCUT2D eigenvalue weighted by Crippen LogP contribution is -1.99. The Hall–Kier alpha value is -2.79. The second-order valence-corrected chi connectivity index (χ2v) is 6.85. The van der Waals surface area contributed by atoms with Gasteiger partial charge in [0.05, 0.1) is 17.2 Å². The molecule has 3 rings (SSSR count). The van der Waals surface area contributed by atoms with E-state index in [2.05, 4.69) is 22.5 Å². The molecule has 0 saturated heterocycles. The Bertz CT molecular complexity index is 940. The van der Waals surface area contributed by atoms with Crippen LogP contribution in [-0.4, -0.2) is 19.7 Å². The van der Waals surface area contributed by atoms with Gasteiger partial charge in [-0.2, -0.15) is 0 Å². The Labute approximate surface area is 166 Å². The minimum Gasteiger partial charge on any atom is -0.493 e. The van der Waals surface area contributed by atoms with Gasteiger partial charge in [0.1, 0.15) is 12.4 Å². The number of rotatable bonds is 6. The summed E-state index contributed by atoms with van der Waals surface area (Å²) >= 11 is 3.49. The summed E-state index contributed by atoms with van der Waals surface area (Å²) in [6.45, 7) is 6.02. The Morgan fingerprint density at radius 1 is 1.22 bits per heavy atom. The van der Waals surface area contributed by atoms with Crippen molar-refractivity contribution in [2.75, 3.05) is 13.7 Å². The molecule has 2 aromatic rings. The first-order chi connectivity index (χ1) is 13.0. The fourth-order valence-corrected chi connectivity index (χ4v) is 3.21. The second-order valence-electron chi connectivity index (χ2n) is 6.00. The van der Waals surface area contributed by atoms with Gasteiger partial charge >= 0.3 is 5.97 Å². The maximum absolute atomic E-state index is 12.3. The molecule has 0 N–H and O–H groups in total. The van der Waals surface area contributed by atoms with Crippen LogP contribution in [0.15, 0.2) is 65.2 Å². The zero-order valence-electron chi connectivity index (χ0n) is 15.1. The highest BCUT2D eigenvalue weighted by Crippen LogP contribution is 2.38. The minimum atomic E-state index is -0.382. The Morgan fingerprint density at radius 2 is 1.96 bits per heavy atom. The van der Waals surface area contributed by atoms with Crippen LogP contribution >= 0.6 is 15.9 Å². The maximum atomic E-state index is 12.3. The molecule has 0 spiro atoms. The molecule has 0 atom stereocenters. The van der Waals surface area contributed by atoms with Gasteiger partial charge in [0.2, 0.25) is 0 Å². The van der Waals surface area contributed by atoms with Crippen LogP contribution in [0.2, 0.25) is 0 Å². The van der Waals surface area contributed by atoms with E-state index in [0.717, 1.165) is 21.2 Å². The normalized spacial score (nSPS) is 14.7. The van der Waals surface area contributed by atoms with Crippen LogP contribution < -0.4 is 9.47 Å². The molecular weight excluding hydrogens is 408 g/mol. The predicted molar refractivity (Wildman–Crippen MR) is 110 cm³/mol. The summed E-state index contributed by atoms with van der Waals surface area (Å²) in [7, 11) is 1.57. The van der Waals surface area contributed by atoms with Crippen molar-refractivity contribution < 1.29 is 19.0 Å². The molecule has 0 fully saturated rings. The predicted octanol–water partition coefficient (Wildman–Crippen LogP) is 5.31. The van der Waals surface area contributed by atoms with E-state index in [-0.39, 0.29) is 5.97 Å². The number of carbonyl (C=O) groups excluding carboxylic acids is 1. The molecular formula is C22H19BrO4. The summed E-state index contributed by atoms with van der Waals surface area (Å²) in [6.07, 6.45) is 5.16. The van der Waals surface area contributed by atoms with E-state index in [1.54, 1.807) is 31.4 Å². The first-order valence-electron chi connectivity index (χ1n) is 8.35. The van der Waals surface area contributed by atoms with E-state index < -0.39 is 0 Å². The Kier molecular flexibility index (Phi) is 5.81. The molecule has 2 aromatic carbocycles. The first-order valence-corrected chi connectivity index (χ1v) is 9.15. The molecule has 1 heterocycles. The summed E-state index contributed by atoms with van der Waals surface area (Å²) in [5.41, 5.74) is 3.27. The number of ether oxygens (including phenoxy) is 3. The number of aryl methyl sites for hydroxylation is 1. The molecule has 0 amide bonds. The topological polar surface area (TPSA) is 44.8 Å². The van der Waals surface area contributed by atoms with Crippen molar-refractivity contribution in [3.63, 3.8) is 0 Å². The van der Waals surface area contributed by atoms with Crippen molar-refractivity contribution in [2.24, 2.45) is 0 Å². The summed E-state index contributed by atoms with van der Waals surface area (Å²) in [5, 5.41) is 0. The van der Waals surface area contributed by atoms with Crippen molar-refractivity contribution in [1.29, 1.82) is 0 Å². The van der Waals surface area contributed by atoms with Gasteiger partial charge in [0, 0.05) is 5.56 Å². The molecule has 27 heavy (non-hydrogen) atoms. The molecule has 0 radical (unpaired) electrons. The average Bonchev–Trinajstić information content (AvgIpc) is 3.01. The number of cyclic esters (lactones) is 1. The SMILES string of the molecule is C=CCOc1c(Br)cc(/C=C2/C=C(c3ccc(C)cc3)OC2=O)cc1OC. The zero-order valence-corrected chi connectivity index (χ0v) is 16.7. The van der Waals surface area contributed by atoms with Gasteiger partial charge in [-0.3, -0.25) is 0 Å². The third-order valence-electron chi connectivity index (χ3n) is 3.98. The summed E-state index contributed by atoms with van der Waals surface area (Å²) in [5.74, 6) is 1.31. The van der Waals surface area contributed by atoms with Crippen LogP contribution in [0, 0.1) is 6.92 Å². The Balaban J connectivity index is 1.93. The zero-order chi connectivity index (χ0) is 19.4. The van der Waals surface area contributed by atoms with E-state index in [0.29, 0.717) is 29.4 Å². The van der Waals surface area contributed by atoms with Crippen molar-refractivity contribution >= 4 is 33.7 Å². The molecule has 1 aliphatic heterocycles. The Morgan fingerprint density at radius 3 is 2.63 bits per heavy atom. The highest BCUT2D eigenvalue weighted by molar-refractivity contribution is 9.10. The van der Waals surface area contributed by atoms with Gasteiger partial charge in [-0.1, -0.05) is 42.5 Å². The molecule has 138 valence electrons. The monoisotopic (exact) mass is 426 g/mol. The van der Waals surface area contributed by atoms with E-state index in [9.17, 15) is 4.79 Å². The van der Waals surface area contributed by atoms with Gasteiger partial charge < -0.3 is 14.2 Å². The van der Waals surface area contributed by atoms with Crippen LogP contribution in [0.5, 0.6) is 11.5 Å². The molecule has 0 unspecified atom stereocenters. The van der Waals surface area contributed by atoms with E-state index >= 15 is 0 Å². The first kappa shape index (κ1) is 19.0. The molecule has 5 heteroatoms. The van der Waals surface area contributed by atoms with E-state index in [4.69, 9.17) is 14.2 Å². The molecule has 0 saturated carbocycles. The third kappa shape index (κ3) is 4.31. The molecule has 0 bridgehead atoms. The quantitative estimate of drug-likeness (QED) is 0.356. The molecule has 4 nitrogen and oxygen atoms in total. The number of halogens is 1. The largest absolute Gasteiger partial charge is 0.493 e. The number of carbonyl (C=O) groups is 1. The lowest BCUT2D eigenvalue weighted by molar-refractivity contribution is -0.130. The van der Waals surface area contributed by atoms with Crippen molar-refractivity contribution in [3.05, 3.63) is 81.9 Å². The fourth-order valence-electron chi connectivity index (χ4n) is 2.63. The van der Waals surface area contributed by atoms with Gasteiger partial charge in [0.15, 0.2) is 11.5 Å². The standard InChI is InChI=1S/C22H19BrO4/c1-4-9-26-21-18(23)11-15(12-20(21)25-3)10-17-13-19(27-22(17)24)16-7-5-14(2)6-8-16/h4-8,10-13H,1,9H2,2-3H3/b17-10-. The molecule has 1 aliphatic rings. The van der Waals surface area contributed by atoms with E-state index in [1.165, 1.54) is 0 Å². The van der Waals surface area contributed by atoms with Crippen LogP contribution in [0.25, 0.3) is 11.8 Å². The number of methoxy groups -OCH3 is 1. The highest BCUT2D eigenvalue weighted by Gasteiger charge is 2.22. The van der Waals surface area contributed by atoms with Crippen LogP contribution in [-0.2, 0) is 9.53 Å². The van der Waals surface area contributed by atoms with Crippen LogP contribution in [0.3, 0.4) is 0 Å². The molecule has 0 aliphatic carbocycles. The van der Waals surface area contributed by atoms with Gasteiger partial charge in [-0.15, -0.1) is 0 Å². The summed E-state index contributed by atoms with van der Waals surface area (Å²) in [4.78, 5) is 12.3. The summed E-state index contributed by atoms with van der Waals surface area (Å²) < 4.78 is 17.2. The number of hydrogen-bond donors (Lipinski definition) is 0. The number of esters is 1. The lowest BCUT2D eigenvalue weighted by atomic mass is 10.1. The van der Waals surface area contributed by atoms with Gasteiger partial charge in [-0.25, -0.2) is 4.79 Å². The van der Waals surface area contributed by atoms with Crippen molar-refractivity contribution in [2.45, 2.75) is 6.92 Å². The number of hydrogen-bond acceptors (Lipinski definition) is 4. The average molecular weight is 427 g/mol. The third-order valence-corrected chi connectivity index (χ3v) is 4.57.